The Morgan fingerprint density at radius 2 is 1.92 bits per heavy atom. The van der Waals surface area contributed by atoms with Gasteiger partial charge in [0.15, 0.2) is 0 Å². The van der Waals surface area contributed by atoms with Gasteiger partial charge in [0.25, 0.3) is 0 Å². The molecule has 12 nitrogen and oxygen atoms in total. The number of esters is 1. The van der Waals surface area contributed by atoms with Crippen LogP contribution in [0, 0.1) is 11.3 Å². The normalized spacial score (nSPS) is 32.2. The Balaban J connectivity index is 1.84. The number of likely N-dealkylation sites (N-methyl/N-ethyl adjacent to an activating group) is 1. The summed E-state index contributed by atoms with van der Waals surface area (Å²) in [6.45, 7) is 9.10. The molecule has 1 aromatic rings. The summed E-state index contributed by atoms with van der Waals surface area (Å²) >= 11 is 11.3. The fraction of sp³-hybridized carbons (Fsp3) is 0.622. The number of allylic oxidation sites excluding steroid dienone is 3. The number of carbonyl (C=O) groups excluding carboxylic acids is 4. The highest BCUT2D eigenvalue weighted by Crippen LogP contribution is 2.47. The lowest BCUT2D eigenvalue weighted by atomic mass is 9.67. The van der Waals surface area contributed by atoms with Gasteiger partial charge in [-0.15, -0.1) is 0 Å². The fourth-order valence-corrected chi connectivity index (χ4v) is 7.75. The van der Waals surface area contributed by atoms with Gasteiger partial charge in [-0.3, -0.25) is 9.59 Å². The minimum atomic E-state index is -1.52. The fourth-order valence-electron chi connectivity index (χ4n) is 7.32. The van der Waals surface area contributed by atoms with Crippen LogP contribution in [-0.4, -0.2) is 103 Å². The topological polar surface area (TPSA) is 144 Å². The quantitative estimate of drug-likeness (QED) is 0.274. The number of alkyl carbamates (subject to hydrolysis) is 1. The molecule has 5 unspecified atom stereocenters. The number of aliphatic hydroxyl groups is 1. The van der Waals surface area contributed by atoms with Crippen molar-refractivity contribution in [2.75, 3.05) is 33.2 Å². The number of amides is 3. The number of carbonyl (C=O) groups is 4. The van der Waals surface area contributed by atoms with Gasteiger partial charge in [0.2, 0.25) is 11.8 Å². The second-order valence-electron chi connectivity index (χ2n) is 14.8. The monoisotopic (exact) mass is 749 g/mol. The minimum Gasteiger partial charge on any atom is -0.495 e. The van der Waals surface area contributed by atoms with Crippen molar-refractivity contribution in [3.8, 4) is 5.75 Å². The standard InChI is InChI=1S/C37H52ClN3O9S/c1-20-11-10-12-25(47-8)23-18-26(49-35(46)39-23)21(2)33(44)37(5)28(50-34(45)32(37)41(7)29(42)13-14-36(3,4)51)19-30(43)40(6)24-16-22(15-20)17-27(48-9)31(24)38/h10-12,16-17,21,23,25-26,28,32-33,44,51H,13-15,18-19H2,1-9H3,(H,39,46)/b12-10+,20-11+/t21-,23?,25-,26?,28+,32?,33?,37?/m1/s1. The SMILES string of the molecule is COc1cc2cc(c1Cl)N(C)C(=O)C[C@@H]1OC(=O)C(N(C)C(=O)CCC(C)(C)S)C1(C)C(O)[C@H](C)C1CC(NC(=O)O1)[C@H](OC)/C=C/C=C(\C)C2. The molecule has 3 aliphatic heterocycles. The molecule has 282 valence electrons. The van der Waals surface area contributed by atoms with E-state index in [0.29, 0.717) is 24.3 Å². The predicted octanol–water partition coefficient (Wildman–Crippen LogP) is 4.89. The van der Waals surface area contributed by atoms with Crippen LogP contribution in [0.2, 0.25) is 5.02 Å². The number of nitrogens with one attached hydrogen (secondary N) is 1. The summed E-state index contributed by atoms with van der Waals surface area (Å²) < 4.78 is 22.6. The molecule has 14 heteroatoms. The van der Waals surface area contributed by atoms with Gasteiger partial charge in [0, 0.05) is 44.7 Å². The Hall–Kier alpha value is -3.26. The molecule has 4 rings (SSSR count). The van der Waals surface area contributed by atoms with E-state index in [1.54, 1.807) is 34.1 Å². The van der Waals surface area contributed by atoms with Crippen molar-refractivity contribution in [2.45, 2.75) is 108 Å². The number of halogens is 1. The van der Waals surface area contributed by atoms with Crippen LogP contribution in [0.4, 0.5) is 10.5 Å². The van der Waals surface area contributed by atoms with Crippen LogP contribution in [0.3, 0.4) is 0 Å². The summed E-state index contributed by atoms with van der Waals surface area (Å²) in [4.78, 5) is 57.1. The van der Waals surface area contributed by atoms with Crippen molar-refractivity contribution in [2.24, 2.45) is 11.3 Å². The van der Waals surface area contributed by atoms with Crippen molar-refractivity contribution >= 4 is 53.8 Å². The molecule has 8 atom stereocenters. The van der Waals surface area contributed by atoms with Crippen molar-refractivity contribution in [1.29, 1.82) is 0 Å². The van der Waals surface area contributed by atoms with Crippen LogP contribution < -0.4 is 15.0 Å². The maximum atomic E-state index is 14.1. The maximum absolute atomic E-state index is 14.1. The van der Waals surface area contributed by atoms with E-state index in [-0.39, 0.29) is 30.2 Å². The summed E-state index contributed by atoms with van der Waals surface area (Å²) in [5.41, 5.74) is 0.695. The maximum Gasteiger partial charge on any atom is 0.407 e. The number of methoxy groups -OCH3 is 2. The first-order valence-corrected chi connectivity index (χ1v) is 18.0. The second-order valence-corrected chi connectivity index (χ2v) is 16.4. The summed E-state index contributed by atoms with van der Waals surface area (Å²) in [5.74, 6) is -1.93. The van der Waals surface area contributed by atoms with Gasteiger partial charge in [-0.25, -0.2) is 9.59 Å². The lowest BCUT2D eigenvalue weighted by Crippen LogP contribution is -2.60. The number of hydrogen-bond acceptors (Lipinski definition) is 10. The molecular formula is C37H52ClN3O9S. The number of aliphatic hydroxyl groups excluding tert-OH is 1. The molecule has 0 spiro atoms. The molecule has 4 bridgehead atoms. The van der Waals surface area contributed by atoms with Gasteiger partial charge < -0.3 is 39.2 Å². The van der Waals surface area contributed by atoms with Gasteiger partial charge in [-0.2, -0.15) is 12.6 Å². The summed E-state index contributed by atoms with van der Waals surface area (Å²) in [6.07, 6.45) is 2.03. The van der Waals surface area contributed by atoms with E-state index in [1.807, 2.05) is 45.1 Å². The van der Waals surface area contributed by atoms with E-state index in [0.717, 1.165) is 11.1 Å². The number of rotatable bonds is 6. The Bertz CT molecular complexity index is 1560. The number of nitrogens with zero attached hydrogens (tertiary/aromatic N) is 2. The van der Waals surface area contributed by atoms with Crippen LogP contribution in [0.1, 0.15) is 65.9 Å². The van der Waals surface area contributed by atoms with Crippen molar-refractivity contribution in [3.63, 3.8) is 0 Å². The summed E-state index contributed by atoms with van der Waals surface area (Å²) in [6, 6.07) is 1.85. The van der Waals surface area contributed by atoms with Gasteiger partial charge in [-0.1, -0.05) is 63.1 Å². The molecule has 2 fully saturated rings. The van der Waals surface area contributed by atoms with Gasteiger partial charge in [-0.05, 0) is 37.5 Å². The second kappa shape index (κ2) is 16.2. The molecule has 2 saturated heterocycles. The number of thiol groups is 1. The van der Waals surface area contributed by atoms with Crippen molar-refractivity contribution in [1.82, 2.24) is 10.2 Å². The Morgan fingerprint density at radius 3 is 2.55 bits per heavy atom. The summed E-state index contributed by atoms with van der Waals surface area (Å²) in [5, 5.41) is 15.4. The molecule has 3 heterocycles. The molecule has 0 aromatic heterocycles. The molecule has 0 saturated carbocycles. The zero-order valence-corrected chi connectivity index (χ0v) is 32.5. The summed E-state index contributed by atoms with van der Waals surface area (Å²) in [7, 11) is 6.11. The molecule has 51 heavy (non-hydrogen) atoms. The first-order valence-electron chi connectivity index (χ1n) is 17.2. The highest BCUT2D eigenvalue weighted by atomic mass is 35.5. The predicted molar refractivity (Wildman–Crippen MR) is 197 cm³/mol. The molecule has 1 aromatic carbocycles. The Morgan fingerprint density at radius 1 is 1.24 bits per heavy atom. The number of fused-ring (bicyclic) bond motifs is 5. The molecule has 0 aliphatic carbocycles. The van der Waals surface area contributed by atoms with Gasteiger partial charge in [0.05, 0.1) is 42.9 Å². The number of ether oxygens (including phenoxy) is 4. The molecule has 0 radical (unpaired) electrons. The number of anilines is 1. The van der Waals surface area contributed by atoms with Crippen LogP contribution >= 0.6 is 24.2 Å². The lowest BCUT2D eigenvalue weighted by Gasteiger charge is -2.45. The zero-order valence-electron chi connectivity index (χ0n) is 30.9. The molecular weight excluding hydrogens is 698 g/mol. The van der Waals surface area contributed by atoms with Crippen molar-refractivity contribution < 1.29 is 43.2 Å². The average molecular weight is 750 g/mol. The Kier molecular flexibility index (Phi) is 12.9. The van der Waals surface area contributed by atoms with Gasteiger partial charge in [0.1, 0.15) is 29.0 Å². The third-order valence-corrected chi connectivity index (χ3v) is 11.1. The van der Waals surface area contributed by atoms with E-state index in [4.69, 9.17) is 30.5 Å². The zero-order chi connectivity index (χ0) is 38.0. The van der Waals surface area contributed by atoms with Gasteiger partial charge >= 0.3 is 12.1 Å². The van der Waals surface area contributed by atoms with Crippen LogP contribution in [0.15, 0.2) is 35.9 Å². The first kappa shape index (κ1) is 40.5. The lowest BCUT2D eigenvalue weighted by molar-refractivity contribution is -0.150. The Labute approximate surface area is 311 Å². The van der Waals surface area contributed by atoms with Crippen LogP contribution in [0.25, 0.3) is 0 Å². The van der Waals surface area contributed by atoms with Crippen LogP contribution in [-0.2, 0) is 35.0 Å². The van der Waals surface area contributed by atoms with E-state index >= 15 is 0 Å². The number of benzene rings is 1. The minimum absolute atomic E-state index is 0.0926. The third-order valence-electron chi connectivity index (χ3n) is 10.5. The molecule has 3 aliphatic rings. The van der Waals surface area contributed by atoms with Crippen LogP contribution in [0.5, 0.6) is 5.75 Å². The largest absolute Gasteiger partial charge is 0.495 e. The van der Waals surface area contributed by atoms with E-state index in [9.17, 15) is 24.3 Å². The number of hydrogen-bond donors (Lipinski definition) is 3. The average Bonchev–Trinajstić information content (AvgIpc) is 3.32. The van der Waals surface area contributed by atoms with Crippen molar-refractivity contribution in [3.05, 3.63) is 46.5 Å². The van der Waals surface area contributed by atoms with E-state index < -0.39 is 70.5 Å². The van der Waals surface area contributed by atoms with E-state index in [2.05, 4.69) is 17.9 Å². The highest BCUT2D eigenvalue weighted by molar-refractivity contribution is 7.81. The smallest absolute Gasteiger partial charge is 0.407 e. The highest BCUT2D eigenvalue weighted by Gasteiger charge is 2.62. The van der Waals surface area contributed by atoms with E-state index in [1.165, 1.54) is 24.0 Å². The molecule has 3 amide bonds. The third kappa shape index (κ3) is 8.86. The first-order chi connectivity index (χ1) is 23.8. The molecule has 2 N–H and O–H groups in total.